The van der Waals surface area contributed by atoms with Gasteiger partial charge in [0.15, 0.2) is 27.6 Å². The van der Waals surface area contributed by atoms with Crippen LogP contribution in [0.25, 0.3) is 22.9 Å². The second-order valence-corrected chi connectivity index (χ2v) is 11.4. The largest absolute Gasteiger partial charge is 0.463 e. The van der Waals surface area contributed by atoms with Gasteiger partial charge in [-0.05, 0) is 67.1 Å². The highest BCUT2D eigenvalue weighted by Crippen LogP contribution is 2.35. The molecule has 1 unspecified atom stereocenters. The highest BCUT2D eigenvalue weighted by molar-refractivity contribution is 8.00. The lowest BCUT2D eigenvalue weighted by atomic mass is 10.2. The molecule has 0 aliphatic rings. The number of nitrogens with one attached hydrogen (secondary N) is 3. The van der Waals surface area contributed by atoms with E-state index in [0.717, 1.165) is 0 Å². The molecule has 0 saturated carbocycles. The number of anilines is 2. The van der Waals surface area contributed by atoms with Gasteiger partial charge in [0.2, 0.25) is 5.91 Å². The smallest absolute Gasteiger partial charge is 0.263 e. The van der Waals surface area contributed by atoms with E-state index in [9.17, 15) is 13.2 Å². The Morgan fingerprint density at radius 1 is 1.03 bits per heavy atom. The molecule has 0 fully saturated rings. The Morgan fingerprint density at radius 3 is 2.36 bits per heavy atom. The minimum atomic E-state index is -3.91. The SMILES string of the molecule is CCC(Sc1nc(-c2ccco2)c(-c2ccco2)[nH]1)C(=O)Nc1ccc(S(=O)(=O)Nc2ccc(Cl)nn2)cc1. The fourth-order valence-corrected chi connectivity index (χ4v) is 5.57. The molecule has 11 nitrogen and oxygen atoms in total. The van der Waals surface area contributed by atoms with Crippen molar-refractivity contribution in [1.82, 2.24) is 20.2 Å². The molecule has 0 spiro atoms. The van der Waals surface area contributed by atoms with Crippen LogP contribution in [0.5, 0.6) is 0 Å². The maximum absolute atomic E-state index is 13.1. The average Bonchev–Trinajstić information content (AvgIpc) is 3.70. The predicted octanol–water partition coefficient (Wildman–Crippen LogP) is 5.68. The van der Waals surface area contributed by atoms with Crippen LogP contribution in [-0.2, 0) is 14.8 Å². The zero-order chi connectivity index (χ0) is 27.4. The van der Waals surface area contributed by atoms with Crippen molar-refractivity contribution in [1.29, 1.82) is 0 Å². The highest BCUT2D eigenvalue weighted by atomic mass is 35.5. The summed E-state index contributed by atoms with van der Waals surface area (Å²) < 4.78 is 38.7. The number of furan rings is 2. The molecule has 5 rings (SSSR count). The molecule has 4 aromatic heterocycles. The molecule has 0 aliphatic heterocycles. The van der Waals surface area contributed by atoms with Crippen LogP contribution >= 0.6 is 23.4 Å². The van der Waals surface area contributed by atoms with Gasteiger partial charge in [0, 0.05) is 5.69 Å². The van der Waals surface area contributed by atoms with Gasteiger partial charge in [0.1, 0.15) is 11.4 Å². The van der Waals surface area contributed by atoms with E-state index < -0.39 is 15.3 Å². The Kier molecular flexibility index (Phi) is 7.72. The Labute approximate surface area is 232 Å². The third-order valence-corrected chi connectivity index (χ3v) is 8.25. The summed E-state index contributed by atoms with van der Waals surface area (Å²) in [5.41, 5.74) is 1.65. The van der Waals surface area contributed by atoms with Gasteiger partial charge in [-0.1, -0.05) is 30.3 Å². The number of benzene rings is 1. The molecule has 5 aromatic rings. The first kappa shape index (κ1) is 26.5. The fraction of sp³-hybridized carbons (Fsp3) is 0.120. The topological polar surface area (TPSA) is 156 Å². The van der Waals surface area contributed by atoms with E-state index in [1.54, 1.807) is 36.8 Å². The van der Waals surface area contributed by atoms with Gasteiger partial charge < -0.3 is 19.1 Å². The summed E-state index contributed by atoms with van der Waals surface area (Å²) in [7, 11) is -3.91. The number of hydrogen-bond acceptors (Lipinski definition) is 9. The number of H-pyrrole nitrogens is 1. The molecule has 14 heteroatoms. The van der Waals surface area contributed by atoms with Crippen LogP contribution in [0.4, 0.5) is 11.5 Å². The Morgan fingerprint density at radius 2 is 1.74 bits per heavy atom. The minimum absolute atomic E-state index is 0.00911. The molecular formula is C25H21ClN6O5S2. The molecule has 0 aliphatic carbocycles. The monoisotopic (exact) mass is 584 g/mol. The van der Waals surface area contributed by atoms with Crippen LogP contribution in [-0.4, -0.2) is 39.7 Å². The molecule has 0 saturated heterocycles. The molecule has 1 atom stereocenters. The number of carbonyl (C=O) groups is 1. The van der Waals surface area contributed by atoms with Crippen LogP contribution in [0.1, 0.15) is 13.3 Å². The van der Waals surface area contributed by atoms with E-state index in [0.29, 0.717) is 40.2 Å². The van der Waals surface area contributed by atoms with Gasteiger partial charge >= 0.3 is 0 Å². The van der Waals surface area contributed by atoms with Crippen molar-refractivity contribution >= 4 is 50.8 Å². The van der Waals surface area contributed by atoms with Crippen molar-refractivity contribution in [2.24, 2.45) is 0 Å². The lowest BCUT2D eigenvalue weighted by Crippen LogP contribution is -2.24. The van der Waals surface area contributed by atoms with E-state index in [1.807, 2.05) is 6.92 Å². The van der Waals surface area contributed by atoms with Crippen LogP contribution in [0.15, 0.2) is 92.1 Å². The number of aromatic amines is 1. The summed E-state index contributed by atoms with van der Waals surface area (Å²) in [5, 5.41) is 10.3. The number of imidazole rings is 1. The average molecular weight is 585 g/mol. The molecule has 0 bridgehead atoms. The summed E-state index contributed by atoms with van der Waals surface area (Å²) in [5.74, 6) is 0.923. The zero-order valence-electron chi connectivity index (χ0n) is 20.3. The van der Waals surface area contributed by atoms with Crippen LogP contribution in [0, 0.1) is 0 Å². The summed E-state index contributed by atoms with van der Waals surface area (Å²) in [6.45, 7) is 1.89. The van der Waals surface area contributed by atoms with Gasteiger partial charge in [-0.25, -0.2) is 13.4 Å². The number of sulfonamides is 1. The second-order valence-electron chi connectivity index (χ2n) is 8.10. The van der Waals surface area contributed by atoms with Crippen molar-refractivity contribution in [3.63, 3.8) is 0 Å². The molecule has 4 heterocycles. The van der Waals surface area contributed by atoms with Gasteiger partial charge in [0.25, 0.3) is 10.0 Å². The van der Waals surface area contributed by atoms with E-state index in [4.69, 9.17) is 20.4 Å². The number of amides is 1. The number of thioether (sulfide) groups is 1. The molecular weight excluding hydrogens is 564 g/mol. The number of aromatic nitrogens is 4. The highest BCUT2D eigenvalue weighted by Gasteiger charge is 2.24. The van der Waals surface area contributed by atoms with Gasteiger partial charge in [-0.15, -0.1) is 10.2 Å². The van der Waals surface area contributed by atoms with Crippen molar-refractivity contribution in [3.05, 3.63) is 78.3 Å². The quantitative estimate of drug-likeness (QED) is 0.176. The number of rotatable bonds is 10. The lowest BCUT2D eigenvalue weighted by Gasteiger charge is -2.14. The van der Waals surface area contributed by atoms with Crippen molar-refractivity contribution < 1.29 is 22.0 Å². The van der Waals surface area contributed by atoms with Crippen LogP contribution < -0.4 is 10.0 Å². The van der Waals surface area contributed by atoms with Crippen molar-refractivity contribution in [3.8, 4) is 22.9 Å². The van der Waals surface area contributed by atoms with Gasteiger partial charge in [-0.3, -0.25) is 9.52 Å². The van der Waals surface area contributed by atoms with E-state index in [-0.39, 0.29) is 21.8 Å². The number of hydrogen-bond donors (Lipinski definition) is 3. The maximum Gasteiger partial charge on any atom is 0.263 e. The molecule has 1 aromatic carbocycles. The van der Waals surface area contributed by atoms with E-state index >= 15 is 0 Å². The maximum atomic E-state index is 13.1. The first-order chi connectivity index (χ1) is 18.8. The van der Waals surface area contributed by atoms with Crippen LogP contribution in [0.2, 0.25) is 5.15 Å². The minimum Gasteiger partial charge on any atom is -0.463 e. The Hall–Kier alpha value is -4.07. The van der Waals surface area contributed by atoms with Gasteiger partial charge in [-0.2, -0.15) is 0 Å². The van der Waals surface area contributed by atoms with E-state index in [1.165, 1.54) is 48.2 Å². The molecule has 3 N–H and O–H groups in total. The van der Waals surface area contributed by atoms with Gasteiger partial charge in [0.05, 0.1) is 22.7 Å². The summed E-state index contributed by atoms with van der Waals surface area (Å²) in [6.07, 6.45) is 3.64. The first-order valence-electron chi connectivity index (χ1n) is 11.6. The zero-order valence-corrected chi connectivity index (χ0v) is 22.7. The Bertz CT molecular complexity index is 1600. The molecule has 0 radical (unpaired) electrons. The molecule has 1 amide bonds. The predicted molar refractivity (Wildman–Crippen MR) is 147 cm³/mol. The first-order valence-corrected chi connectivity index (χ1v) is 14.3. The number of carbonyl (C=O) groups excluding carboxylic acids is 1. The van der Waals surface area contributed by atoms with Crippen LogP contribution in [0.3, 0.4) is 0 Å². The normalized spacial score (nSPS) is 12.3. The lowest BCUT2D eigenvalue weighted by molar-refractivity contribution is -0.115. The van der Waals surface area contributed by atoms with Crippen molar-refractivity contribution in [2.45, 2.75) is 28.6 Å². The second kappa shape index (κ2) is 11.4. The summed E-state index contributed by atoms with van der Waals surface area (Å²) in [6, 6.07) is 15.7. The standard InChI is InChI=1S/C25H21ClN6O5S2/c1-2-19(38-25-28-22(17-5-3-13-36-17)23(29-25)18-6-4-14-37-18)24(33)27-15-7-9-16(10-8-15)39(34,35)32-21-12-11-20(26)30-31-21/h3-14,19H,2H2,1H3,(H,27,33)(H,28,29)(H,31,32). The third kappa shape index (κ3) is 6.16. The number of nitrogens with zero attached hydrogens (tertiary/aromatic N) is 3. The molecule has 39 heavy (non-hydrogen) atoms. The van der Waals surface area contributed by atoms with Crippen molar-refractivity contribution in [2.75, 3.05) is 10.0 Å². The summed E-state index contributed by atoms with van der Waals surface area (Å²) >= 11 is 6.95. The third-order valence-electron chi connectivity index (χ3n) is 5.42. The van der Waals surface area contributed by atoms with E-state index in [2.05, 4.69) is 30.2 Å². The summed E-state index contributed by atoms with van der Waals surface area (Å²) in [4.78, 5) is 20.9. The Balaban J connectivity index is 1.28. The fourth-order valence-electron chi connectivity index (χ4n) is 3.56. The molecule has 200 valence electrons. The number of halogens is 1.